The maximum Gasteiger partial charge on any atom is 0.232 e. The number of carbonyl (C=O) groups excluding carboxylic acids is 2. The van der Waals surface area contributed by atoms with Crippen LogP contribution >= 0.6 is 0 Å². The fraction of sp³-hybridized carbons (Fsp3) is 0.846. The number of carbonyl (C=O) groups is 2. The standard InChI is InChI=1S/C13H24N4O2/c14-12(18)11-13(19)17-9-7-16(8-10-17)6-5-15-3-1-2-4-15/h1-11H2,(H2,14,18). The fourth-order valence-corrected chi connectivity index (χ4v) is 2.77. The van der Waals surface area contributed by atoms with Gasteiger partial charge in [0.25, 0.3) is 0 Å². The van der Waals surface area contributed by atoms with Crippen LogP contribution in [0.1, 0.15) is 19.3 Å². The van der Waals surface area contributed by atoms with E-state index < -0.39 is 5.91 Å². The van der Waals surface area contributed by atoms with Crippen molar-refractivity contribution >= 4 is 11.8 Å². The zero-order valence-corrected chi connectivity index (χ0v) is 11.5. The largest absolute Gasteiger partial charge is 0.369 e. The Morgan fingerprint density at radius 2 is 1.37 bits per heavy atom. The summed E-state index contributed by atoms with van der Waals surface area (Å²) in [7, 11) is 0. The average Bonchev–Trinajstić information content (AvgIpc) is 2.89. The molecule has 0 aromatic rings. The molecule has 0 bridgehead atoms. The summed E-state index contributed by atoms with van der Waals surface area (Å²) in [6, 6.07) is 0. The first kappa shape index (κ1) is 14.3. The van der Waals surface area contributed by atoms with Gasteiger partial charge in [0, 0.05) is 39.3 Å². The van der Waals surface area contributed by atoms with Gasteiger partial charge in [0.15, 0.2) is 0 Å². The third-order valence-corrected chi connectivity index (χ3v) is 3.98. The van der Waals surface area contributed by atoms with E-state index >= 15 is 0 Å². The van der Waals surface area contributed by atoms with E-state index in [9.17, 15) is 9.59 Å². The lowest BCUT2D eigenvalue weighted by Crippen LogP contribution is -2.50. The van der Waals surface area contributed by atoms with Gasteiger partial charge in [-0.25, -0.2) is 0 Å². The van der Waals surface area contributed by atoms with Gasteiger partial charge in [-0.15, -0.1) is 0 Å². The van der Waals surface area contributed by atoms with E-state index in [0.717, 1.165) is 26.2 Å². The van der Waals surface area contributed by atoms with Crippen LogP contribution in [-0.2, 0) is 9.59 Å². The van der Waals surface area contributed by atoms with Crippen LogP contribution in [0.15, 0.2) is 0 Å². The highest BCUT2D eigenvalue weighted by atomic mass is 16.2. The maximum atomic E-state index is 11.7. The number of nitrogens with zero attached hydrogens (tertiary/aromatic N) is 3. The fourth-order valence-electron chi connectivity index (χ4n) is 2.77. The van der Waals surface area contributed by atoms with E-state index in [0.29, 0.717) is 13.1 Å². The minimum atomic E-state index is -0.540. The minimum Gasteiger partial charge on any atom is -0.369 e. The molecule has 0 radical (unpaired) electrons. The smallest absolute Gasteiger partial charge is 0.232 e. The van der Waals surface area contributed by atoms with Crippen LogP contribution in [0.3, 0.4) is 0 Å². The van der Waals surface area contributed by atoms with Gasteiger partial charge in [-0.05, 0) is 25.9 Å². The number of primary amides is 1. The van der Waals surface area contributed by atoms with E-state index in [4.69, 9.17) is 5.73 Å². The molecular formula is C13H24N4O2. The molecule has 0 unspecified atom stereocenters. The Morgan fingerprint density at radius 3 is 1.89 bits per heavy atom. The average molecular weight is 268 g/mol. The van der Waals surface area contributed by atoms with E-state index in [1.165, 1.54) is 25.9 Å². The molecular weight excluding hydrogens is 244 g/mol. The van der Waals surface area contributed by atoms with Gasteiger partial charge in [0.2, 0.25) is 11.8 Å². The Bertz CT molecular complexity index is 321. The SMILES string of the molecule is NC(=O)CC(=O)N1CCN(CCN2CCCC2)CC1. The lowest BCUT2D eigenvalue weighted by Gasteiger charge is -2.35. The monoisotopic (exact) mass is 268 g/mol. The number of piperazine rings is 1. The number of likely N-dealkylation sites (tertiary alicyclic amines) is 1. The lowest BCUT2D eigenvalue weighted by atomic mass is 10.2. The Hall–Kier alpha value is -1.14. The van der Waals surface area contributed by atoms with Crippen molar-refractivity contribution in [3.63, 3.8) is 0 Å². The first-order chi connectivity index (χ1) is 9.15. The summed E-state index contributed by atoms with van der Waals surface area (Å²) in [4.78, 5) is 29.1. The van der Waals surface area contributed by atoms with Crippen LogP contribution < -0.4 is 5.73 Å². The van der Waals surface area contributed by atoms with E-state index in [1.807, 2.05) is 0 Å². The second-order valence-electron chi connectivity index (χ2n) is 5.41. The summed E-state index contributed by atoms with van der Waals surface area (Å²) < 4.78 is 0. The van der Waals surface area contributed by atoms with Crippen molar-refractivity contribution < 1.29 is 9.59 Å². The summed E-state index contributed by atoms with van der Waals surface area (Å²) in [5.74, 6) is -0.673. The Labute approximate surface area is 114 Å². The molecule has 0 aromatic heterocycles. The molecule has 0 atom stereocenters. The van der Waals surface area contributed by atoms with Crippen LogP contribution in [0.4, 0.5) is 0 Å². The summed E-state index contributed by atoms with van der Waals surface area (Å²) in [6.45, 7) is 7.91. The Morgan fingerprint density at radius 1 is 0.842 bits per heavy atom. The van der Waals surface area contributed by atoms with Crippen LogP contribution in [0.5, 0.6) is 0 Å². The van der Waals surface area contributed by atoms with Crippen molar-refractivity contribution in [2.24, 2.45) is 5.73 Å². The zero-order valence-electron chi connectivity index (χ0n) is 11.5. The van der Waals surface area contributed by atoms with Gasteiger partial charge >= 0.3 is 0 Å². The molecule has 2 aliphatic rings. The highest BCUT2D eigenvalue weighted by Crippen LogP contribution is 2.08. The summed E-state index contributed by atoms with van der Waals surface area (Å²) >= 11 is 0. The van der Waals surface area contributed by atoms with Crippen LogP contribution in [0.2, 0.25) is 0 Å². The van der Waals surface area contributed by atoms with Crippen LogP contribution in [0.25, 0.3) is 0 Å². The number of hydrogen-bond donors (Lipinski definition) is 1. The summed E-state index contributed by atoms with van der Waals surface area (Å²) in [6.07, 6.45) is 2.50. The van der Waals surface area contributed by atoms with Gasteiger partial charge in [0.1, 0.15) is 6.42 Å². The molecule has 0 spiro atoms. The van der Waals surface area contributed by atoms with Crippen LogP contribution in [-0.4, -0.2) is 78.9 Å². The van der Waals surface area contributed by atoms with Gasteiger partial charge in [-0.3, -0.25) is 14.5 Å². The van der Waals surface area contributed by atoms with Gasteiger partial charge in [-0.1, -0.05) is 0 Å². The molecule has 0 aromatic carbocycles. The molecule has 2 rings (SSSR count). The predicted octanol–water partition coefficient (Wildman–Crippen LogP) is -0.898. The van der Waals surface area contributed by atoms with Gasteiger partial charge < -0.3 is 15.5 Å². The normalized spacial score (nSPS) is 21.8. The molecule has 0 saturated carbocycles. The molecule has 2 fully saturated rings. The number of hydrogen-bond acceptors (Lipinski definition) is 4. The molecule has 6 nitrogen and oxygen atoms in total. The second kappa shape index (κ2) is 6.86. The van der Waals surface area contributed by atoms with E-state index in [1.54, 1.807) is 4.90 Å². The second-order valence-corrected chi connectivity index (χ2v) is 5.41. The molecule has 2 N–H and O–H groups in total. The molecule has 2 saturated heterocycles. The van der Waals surface area contributed by atoms with Crippen molar-refractivity contribution in [3.8, 4) is 0 Å². The van der Waals surface area contributed by atoms with Crippen molar-refractivity contribution in [1.29, 1.82) is 0 Å². The first-order valence-electron chi connectivity index (χ1n) is 7.16. The summed E-state index contributed by atoms with van der Waals surface area (Å²) in [5, 5.41) is 0. The molecule has 2 amide bonds. The van der Waals surface area contributed by atoms with E-state index in [-0.39, 0.29) is 12.3 Å². The Balaban J connectivity index is 1.64. The van der Waals surface area contributed by atoms with E-state index in [2.05, 4.69) is 9.80 Å². The number of amides is 2. The number of nitrogens with two attached hydrogens (primary N) is 1. The quantitative estimate of drug-likeness (QED) is 0.656. The molecule has 19 heavy (non-hydrogen) atoms. The maximum absolute atomic E-state index is 11.7. The third-order valence-electron chi connectivity index (χ3n) is 3.98. The highest BCUT2D eigenvalue weighted by molar-refractivity contribution is 5.96. The van der Waals surface area contributed by atoms with Crippen molar-refractivity contribution in [3.05, 3.63) is 0 Å². The van der Waals surface area contributed by atoms with Crippen molar-refractivity contribution in [1.82, 2.24) is 14.7 Å². The summed E-state index contributed by atoms with van der Waals surface area (Å²) in [5.41, 5.74) is 5.04. The lowest BCUT2D eigenvalue weighted by molar-refractivity contribution is -0.136. The van der Waals surface area contributed by atoms with Crippen LogP contribution in [0, 0.1) is 0 Å². The molecule has 2 aliphatic heterocycles. The van der Waals surface area contributed by atoms with Crippen molar-refractivity contribution in [2.75, 3.05) is 52.4 Å². The minimum absolute atomic E-state index is 0.133. The highest BCUT2D eigenvalue weighted by Gasteiger charge is 2.22. The van der Waals surface area contributed by atoms with Gasteiger partial charge in [0.05, 0.1) is 0 Å². The van der Waals surface area contributed by atoms with Gasteiger partial charge in [-0.2, -0.15) is 0 Å². The molecule has 108 valence electrons. The molecule has 6 heteroatoms. The zero-order chi connectivity index (χ0) is 13.7. The molecule has 2 heterocycles. The predicted molar refractivity (Wildman–Crippen MR) is 72.5 cm³/mol. The third kappa shape index (κ3) is 4.47. The first-order valence-corrected chi connectivity index (χ1v) is 7.16. The molecule has 0 aliphatic carbocycles. The topological polar surface area (TPSA) is 69.9 Å². The van der Waals surface area contributed by atoms with Crippen molar-refractivity contribution in [2.45, 2.75) is 19.3 Å². The number of rotatable bonds is 5. The Kier molecular flexibility index (Phi) is 5.15.